The van der Waals surface area contributed by atoms with Crippen LogP contribution in [0.2, 0.25) is 0 Å². The summed E-state index contributed by atoms with van der Waals surface area (Å²) in [6.45, 7) is 1.59. The fraction of sp³-hybridized carbons (Fsp3) is 0.222. The molecule has 0 aromatic heterocycles. The van der Waals surface area contributed by atoms with E-state index in [1.807, 2.05) is 84.9 Å². The number of amides is 2. The molecule has 6 heteroatoms. The molecule has 0 radical (unpaired) electrons. The molecular weight excluding hydrogens is 434 g/mol. The Morgan fingerprint density at radius 3 is 2.15 bits per heavy atom. The van der Waals surface area contributed by atoms with Gasteiger partial charge in [-0.05, 0) is 35.1 Å². The van der Waals surface area contributed by atoms with E-state index in [-0.39, 0.29) is 23.7 Å². The van der Waals surface area contributed by atoms with Crippen molar-refractivity contribution in [2.75, 3.05) is 6.61 Å². The molecule has 2 atom stereocenters. The van der Waals surface area contributed by atoms with E-state index in [0.717, 1.165) is 34.0 Å². The highest BCUT2D eigenvalue weighted by Crippen LogP contribution is 2.26. The Kier molecular flexibility index (Phi) is 7.25. The minimum Gasteiger partial charge on any atom is -0.447 e. The first-order valence-corrected chi connectivity index (χ1v) is 11.7. The van der Waals surface area contributed by atoms with Gasteiger partial charge in [-0.1, -0.05) is 96.7 Å². The molecule has 1 heterocycles. The lowest BCUT2D eigenvalue weighted by Crippen LogP contribution is -2.45. The minimum atomic E-state index is -0.700. The van der Waals surface area contributed by atoms with Crippen LogP contribution in [0.1, 0.15) is 18.1 Å². The Morgan fingerprint density at radius 1 is 0.909 bits per heavy atom. The third-order valence-electron chi connectivity index (χ3n) is 5.58. The number of benzene rings is 3. The van der Waals surface area contributed by atoms with Crippen LogP contribution in [-0.4, -0.2) is 39.9 Å². The van der Waals surface area contributed by atoms with Crippen LogP contribution in [0.5, 0.6) is 0 Å². The second kappa shape index (κ2) is 10.5. The number of hydrogen-bond acceptors (Lipinski definition) is 5. The van der Waals surface area contributed by atoms with Gasteiger partial charge in [-0.25, -0.2) is 9.69 Å². The third kappa shape index (κ3) is 5.71. The molecule has 1 aliphatic heterocycles. The number of carbonyl (C=O) groups excluding carboxylic acids is 3. The Hall–Kier alpha value is -3.38. The number of imide groups is 1. The summed E-state index contributed by atoms with van der Waals surface area (Å²) in [4.78, 5) is 39.0. The zero-order valence-corrected chi connectivity index (χ0v) is 19.2. The van der Waals surface area contributed by atoms with Gasteiger partial charge in [-0.3, -0.25) is 9.59 Å². The zero-order chi connectivity index (χ0) is 23.2. The summed E-state index contributed by atoms with van der Waals surface area (Å²) in [7, 11) is 0. The van der Waals surface area contributed by atoms with Crippen LogP contribution >= 0.6 is 11.8 Å². The number of thioether (sulfide) groups is 1. The molecular formula is C27H25NO4S. The molecule has 4 rings (SSSR count). The number of carbonyl (C=O) groups is 3. The van der Waals surface area contributed by atoms with Crippen molar-refractivity contribution in [1.82, 2.24) is 4.90 Å². The molecule has 1 fully saturated rings. The van der Waals surface area contributed by atoms with Crippen molar-refractivity contribution in [2.45, 2.75) is 31.1 Å². The largest absolute Gasteiger partial charge is 0.447 e. The first-order valence-electron chi connectivity index (χ1n) is 10.9. The van der Waals surface area contributed by atoms with Gasteiger partial charge in [0.25, 0.3) is 0 Å². The Bertz CT molecular complexity index is 1120. The van der Waals surface area contributed by atoms with Crippen molar-refractivity contribution in [3.05, 3.63) is 96.1 Å². The lowest BCUT2D eigenvalue weighted by Gasteiger charge is -2.24. The number of hydrogen-bond donors (Lipinski definition) is 0. The second-order valence-corrected chi connectivity index (χ2v) is 9.37. The second-order valence-electron chi connectivity index (χ2n) is 7.99. The maximum Gasteiger partial charge on any atom is 0.417 e. The summed E-state index contributed by atoms with van der Waals surface area (Å²) < 4.78 is 5.21. The fourth-order valence-corrected chi connectivity index (χ4v) is 4.87. The van der Waals surface area contributed by atoms with Crippen molar-refractivity contribution < 1.29 is 19.1 Å². The number of ether oxygens (including phenoxy) is 1. The van der Waals surface area contributed by atoms with Crippen LogP contribution in [0.15, 0.2) is 84.9 Å². The molecule has 1 saturated heterocycles. The molecule has 3 aromatic rings. The van der Waals surface area contributed by atoms with Crippen LogP contribution < -0.4 is 0 Å². The highest BCUT2D eigenvalue weighted by molar-refractivity contribution is 8.14. The quantitative estimate of drug-likeness (QED) is 0.490. The molecule has 1 aliphatic rings. The number of rotatable bonds is 7. The van der Waals surface area contributed by atoms with E-state index < -0.39 is 11.3 Å². The van der Waals surface area contributed by atoms with E-state index in [1.54, 1.807) is 0 Å². The summed E-state index contributed by atoms with van der Waals surface area (Å²) >= 11 is 0.962. The van der Waals surface area contributed by atoms with Gasteiger partial charge in [0.2, 0.25) is 5.91 Å². The van der Waals surface area contributed by atoms with Crippen molar-refractivity contribution in [3.63, 3.8) is 0 Å². The van der Waals surface area contributed by atoms with Gasteiger partial charge < -0.3 is 4.74 Å². The monoisotopic (exact) mass is 459 g/mol. The van der Waals surface area contributed by atoms with Crippen molar-refractivity contribution in [1.29, 1.82) is 0 Å². The van der Waals surface area contributed by atoms with Gasteiger partial charge in [-0.2, -0.15) is 0 Å². The van der Waals surface area contributed by atoms with E-state index in [2.05, 4.69) is 0 Å². The average Bonchev–Trinajstić information content (AvgIpc) is 3.19. The summed E-state index contributed by atoms with van der Waals surface area (Å²) in [5.41, 5.74) is 4.13. The normalized spacial score (nSPS) is 16.3. The molecule has 2 amide bonds. The van der Waals surface area contributed by atoms with Gasteiger partial charge in [0.15, 0.2) is 5.12 Å². The Balaban J connectivity index is 1.51. The molecule has 3 aromatic carbocycles. The van der Waals surface area contributed by atoms with Crippen LogP contribution in [0.4, 0.5) is 4.79 Å². The van der Waals surface area contributed by atoms with E-state index in [9.17, 15) is 14.4 Å². The third-order valence-corrected chi connectivity index (χ3v) is 6.56. The highest BCUT2D eigenvalue weighted by Gasteiger charge is 2.41. The zero-order valence-electron chi connectivity index (χ0n) is 18.3. The molecule has 0 saturated carbocycles. The van der Waals surface area contributed by atoms with Crippen molar-refractivity contribution >= 4 is 28.9 Å². The lowest BCUT2D eigenvalue weighted by atomic mass is 10.0. The number of nitrogens with zero attached hydrogens (tertiary/aromatic N) is 1. The van der Waals surface area contributed by atoms with Gasteiger partial charge >= 0.3 is 6.09 Å². The van der Waals surface area contributed by atoms with Crippen molar-refractivity contribution in [3.8, 4) is 11.1 Å². The molecule has 0 aliphatic carbocycles. The van der Waals surface area contributed by atoms with Gasteiger partial charge in [0, 0.05) is 6.92 Å². The summed E-state index contributed by atoms with van der Waals surface area (Å²) in [6.07, 6.45) is 0.219. The van der Waals surface area contributed by atoms with E-state index in [4.69, 9.17) is 4.74 Å². The summed E-state index contributed by atoms with van der Waals surface area (Å²) in [6, 6.07) is 27.3. The molecule has 168 valence electrons. The first kappa shape index (κ1) is 22.8. The minimum absolute atomic E-state index is 0.155. The summed E-state index contributed by atoms with van der Waals surface area (Å²) in [5, 5.41) is -0.865. The topological polar surface area (TPSA) is 63.7 Å². The summed E-state index contributed by atoms with van der Waals surface area (Å²) in [5.74, 6) is -0.384. The number of cyclic esters (lactones) is 1. The predicted molar refractivity (Wildman–Crippen MR) is 130 cm³/mol. The van der Waals surface area contributed by atoms with Crippen LogP contribution in [0.25, 0.3) is 11.1 Å². The van der Waals surface area contributed by atoms with Gasteiger partial charge in [0.05, 0.1) is 11.3 Å². The molecule has 33 heavy (non-hydrogen) atoms. The van der Waals surface area contributed by atoms with E-state index in [1.165, 1.54) is 11.8 Å². The Labute approximate surface area is 197 Å². The maximum absolute atomic E-state index is 13.4. The van der Waals surface area contributed by atoms with Crippen LogP contribution in [-0.2, 0) is 27.2 Å². The molecule has 0 spiro atoms. The smallest absolute Gasteiger partial charge is 0.417 e. The predicted octanol–water partition coefficient (Wildman–Crippen LogP) is 5.13. The SMILES string of the molecule is CC(=O)SC(Cc1ccc(-c2ccccc2)cc1)C(=O)N1C(=O)OC[C@@H]1Cc1ccccc1. The molecule has 0 N–H and O–H groups in total. The van der Waals surface area contributed by atoms with Gasteiger partial charge in [-0.15, -0.1) is 0 Å². The molecule has 1 unspecified atom stereocenters. The van der Waals surface area contributed by atoms with Crippen LogP contribution in [0, 0.1) is 0 Å². The van der Waals surface area contributed by atoms with E-state index in [0.29, 0.717) is 12.8 Å². The molecule has 5 nitrogen and oxygen atoms in total. The average molecular weight is 460 g/mol. The maximum atomic E-state index is 13.4. The molecule has 0 bridgehead atoms. The van der Waals surface area contributed by atoms with Gasteiger partial charge in [0.1, 0.15) is 6.61 Å². The Morgan fingerprint density at radius 2 is 1.52 bits per heavy atom. The fourth-order valence-electron chi connectivity index (χ4n) is 3.98. The van der Waals surface area contributed by atoms with Crippen molar-refractivity contribution in [2.24, 2.45) is 0 Å². The first-order chi connectivity index (χ1) is 16.0. The van der Waals surface area contributed by atoms with Crippen LogP contribution in [0.3, 0.4) is 0 Å². The lowest BCUT2D eigenvalue weighted by molar-refractivity contribution is -0.128. The standard InChI is InChI=1S/C27H25NO4S/c1-19(29)33-25(17-21-12-14-23(15-13-21)22-10-6-3-7-11-22)26(30)28-24(18-32-27(28)31)16-20-8-4-2-5-9-20/h2-15,24-25H,16-18H2,1H3/t24-,25?/m0/s1. The van der Waals surface area contributed by atoms with E-state index >= 15 is 0 Å². The highest BCUT2D eigenvalue weighted by atomic mass is 32.2.